The third-order valence-electron chi connectivity index (χ3n) is 3.53. The second-order valence-electron chi connectivity index (χ2n) is 6.18. The number of non-ortho nitro benzene ring substituents is 1. The van der Waals surface area contributed by atoms with E-state index in [1.165, 1.54) is 6.07 Å². The lowest BCUT2D eigenvalue weighted by atomic mass is 10.2. The summed E-state index contributed by atoms with van der Waals surface area (Å²) in [5.74, 6) is 1.26. The van der Waals surface area contributed by atoms with Crippen molar-refractivity contribution in [1.29, 1.82) is 0 Å². The molecule has 0 saturated heterocycles. The maximum Gasteiger partial charge on any atom is 0.269 e. The molecule has 0 amide bonds. The number of hydrogen-bond donors (Lipinski definition) is 1. The Morgan fingerprint density at radius 3 is 2.65 bits per heavy atom. The van der Waals surface area contributed by atoms with Crippen LogP contribution in [-0.4, -0.2) is 33.5 Å². The van der Waals surface area contributed by atoms with E-state index in [0.29, 0.717) is 5.92 Å². The molecule has 1 aromatic rings. The van der Waals surface area contributed by atoms with Crippen molar-refractivity contribution in [2.45, 2.75) is 33.8 Å². The summed E-state index contributed by atoms with van der Waals surface area (Å²) in [4.78, 5) is 12.6. The van der Waals surface area contributed by atoms with Gasteiger partial charge >= 0.3 is 0 Å². The van der Waals surface area contributed by atoms with Gasteiger partial charge in [0.25, 0.3) is 5.69 Å². The minimum atomic E-state index is -0.514. The van der Waals surface area contributed by atoms with Gasteiger partial charge in [-0.25, -0.2) is 4.36 Å². The van der Waals surface area contributed by atoms with Crippen molar-refractivity contribution in [1.82, 2.24) is 4.90 Å². The Bertz CT molecular complexity index is 669. The molecule has 0 saturated carbocycles. The number of nitrogens with zero attached hydrogens (tertiary/aromatic N) is 3. The SMILES string of the molecule is Cc1cc([N+](=O)[O-])ccc1N=S1C=C([C@@H](C)O)N(CC(C)C)C1. The van der Waals surface area contributed by atoms with E-state index < -0.39 is 11.0 Å². The molecular weight excluding hydrogens is 314 g/mol. The first-order chi connectivity index (χ1) is 10.8. The van der Waals surface area contributed by atoms with Gasteiger partial charge in [0, 0.05) is 24.1 Å². The zero-order valence-corrected chi connectivity index (χ0v) is 14.7. The van der Waals surface area contributed by atoms with Crippen LogP contribution in [0.25, 0.3) is 0 Å². The number of nitro benzene ring substituents is 1. The van der Waals surface area contributed by atoms with Gasteiger partial charge in [-0.1, -0.05) is 13.8 Å². The van der Waals surface area contributed by atoms with Crippen LogP contribution in [0, 0.1) is 23.0 Å². The summed E-state index contributed by atoms with van der Waals surface area (Å²) in [7, 11) is -0.344. The predicted molar refractivity (Wildman–Crippen MR) is 93.5 cm³/mol. The number of aryl methyl sites for hydroxylation is 1. The van der Waals surface area contributed by atoms with Gasteiger partial charge in [-0.15, -0.1) is 0 Å². The van der Waals surface area contributed by atoms with Gasteiger partial charge in [0.15, 0.2) is 0 Å². The van der Waals surface area contributed by atoms with Gasteiger partial charge in [0.2, 0.25) is 0 Å². The molecule has 23 heavy (non-hydrogen) atoms. The summed E-state index contributed by atoms with van der Waals surface area (Å²) in [6.45, 7) is 8.77. The molecule has 1 aromatic carbocycles. The smallest absolute Gasteiger partial charge is 0.269 e. The van der Waals surface area contributed by atoms with Crippen LogP contribution in [0.1, 0.15) is 26.3 Å². The third kappa shape index (κ3) is 4.39. The number of nitro groups is 1. The Balaban J connectivity index is 2.28. The first-order valence-corrected chi connectivity index (χ1v) is 9.00. The van der Waals surface area contributed by atoms with Gasteiger partial charge in [-0.2, -0.15) is 0 Å². The summed E-state index contributed by atoms with van der Waals surface area (Å²) in [6.07, 6.45) is -0.514. The van der Waals surface area contributed by atoms with E-state index in [4.69, 9.17) is 4.36 Å². The molecular formula is C16H23N3O3S. The van der Waals surface area contributed by atoms with Crippen LogP contribution in [0.5, 0.6) is 0 Å². The highest BCUT2D eigenvalue weighted by molar-refractivity contribution is 7.90. The summed E-state index contributed by atoms with van der Waals surface area (Å²) in [5, 5.41) is 22.8. The van der Waals surface area contributed by atoms with Crippen LogP contribution in [-0.2, 0) is 10.7 Å². The van der Waals surface area contributed by atoms with Crippen LogP contribution >= 0.6 is 0 Å². The lowest BCUT2D eigenvalue weighted by molar-refractivity contribution is -0.384. The van der Waals surface area contributed by atoms with Crippen molar-refractivity contribution in [3.05, 3.63) is 45.0 Å². The van der Waals surface area contributed by atoms with Gasteiger partial charge in [-0.05, 0) is 42.1 Å². The fourth-order valence-corrected chi connectivity index (χ4v) is 4.33. The maximum atomic E-state index is 10.8. The number of aliphatic hydroxyl groups is 1. The monoisotopic (exact) mass is 337 g/mol. The van der Waals surface area contributed by atoms with E-state index in [9.17, 15) is 15.2 Å². The number of hydrogen-bond acceptors (Lipinski definition) is 5. The summed E-state index contributed by atoms with van der Waals surface area (Å²) in [6, 6.07) is 4.72. The Morgan fingerprint density at radius 1 is 1.43 bits per heavy atom. The van der Waals surface area contributed by atoms with Crippen molar-refractivity contribution in [2.75, 3.05) is 12.4 Å². The molecule has 0 spiro atoms. The van der Waals surface area contributed by atoms with Crippen LogP contribution in [0.2, 0.25) is 0 Å². The zero-order valence-electron chi connectivity index (χ0n) is 13.9. The molecule has 1 unspecified atom stereocenters. The normalized spacial score (nSPS) is 19.3. The van der Waals surface area contributed by atoms with E-state index in [0.717, 1.165) is 29.4 Å². The highest BCUT2D eigenvalue weighted by Gasteiger charge is 2.23. The van der Waals surface area contributed by atoms with Crippen LogP contribution in [0.15, 0.2) is 33.7 Å². The molecule has 1 heterocycles. The standard InChI is InChI=1S/C16H23N3O3S/c1-11(2)8-18-10-23(9-16(18)13(4)20)17-15-6-5-14(19(21)22)7-12(15)3/h5-7,9,11,13,20H,8,10H2,1-4H3/t13-,23?/m1/s1. The van der Waals surface area contributed by atoms with Crippen LogP contribution in [0.3, 0.4) is 0 Å². The average molecular weight is 337 g/mol. The lowest BCUT2D eigenvalue weighted by Crippen LogP contribution is -2.29. The quantitative estimate of drug-likeness (QED) is 0.659. The van der Waals surface area contributed by atoms with Crippen molar-refractivity contribution in [2.24, 2.45) is 10.3 Å². The van der Waals surface area contributed by atoms with Crippen molar-refractivity contribution in [3.63, 3.8) is 0 Å². The minimum Gasteiger partial charge on any atom is -0.387 e. The second-order valence-corrected chi connectivity index (χ2v) is 7.66. The molecule has 0 aromatic heterocycles. The maximum absolute atomic E-state index is 10.8. The summed E-state index contributed by atoms with van der Waals surface area (Å²) in [5.41, 5.74) is 2.57. The first kappa shape index (κ1) is 17.6. The van der Waals surface area contributed by atoms with Gasteiger partial charge in [-0.3, -0.25) is 10.1 Å². The third-order valence-corrected chi connectivity index (χ3v) is 5.05. The largest absolute Gasteiger partial charge is 0.387 e. The summed E-state index contributed by atoms with van der Waals surface area (Å²) >= 11 is 0. The van der Waals surface area contributed by atoms with Crippen LogP contribution < -0.4 is 0 Å². The number of aliphatic hydroxyl groups excluding tert-OH is 1. The average Bonchev–Trinajstić information content (AvgIpc) is 2.82. The van der Waals surface area contributed by atoms with Gasteiger partial charge in [0.05, 0.1) is 28.3 Å². The molecule has 2 rings (SSSR count). The van der Waals surface area contributed by atoms with E-state index in [1.54, 1.807) is 19.1 Å². The molecule has 1 N–H and O–H groups in total. The Labute approximate surface area is 139 Å². The Kier molecular flexibility index (Phi) is 5.54. The second kappa shape index (κ2) is 7.23. The summed E-state index contributed by atoms with van der Waals surface area (Å²) < 4.78 is 4.72. The topological polar surface area (TPSA) is 79.0 Å². The fourth-order valence-electron chi connectivity index (χ4n) is 2.48. The van der Waals surface area contributed by atoms with Gasteiger partial charge < -0.3 is 10.0 Å². The highest BCUT2D eigenvalue weighted by Crippen LogP contribution is 2.28. The first-order valence-electron chi connectivity index (χ1n) is 7.59. The molecule has 7 heteroatoms. The lowest BCUT2D eigenvalue weighted by Gasteiger charge is -2.25. The molecule has 0 aliphatic carbocycles. The number of benzene rings is 1. The molecule has 2 atom stereocenters. The molecule has 126 valence electrons. The Hall–Kier alpha value is -1.73. The fraction of sp³-hybridized carbons (Fsp3) is 0.500. The molecule has 1 aliphatic rings. The van der Waals surface area contributed by atoms with E-state index >= 15 is 0 Å². The number of rotatable bonds is 5. The molecule has 0 bridgehead atoms. The highest BCUT2D eigenvalue weighted by atomic mass is 32.2. The van der Waals surface area contributed by atoms with Crippen LogP contribution in [0.4, 0.5) is 11.4 Å². The van der Waals surface area contributed by atoms with Gasteiger partial charge in [0.1, 0.15) is 0 Å². The van der Waals surface area contributed by atoms with Crippen molar-refractivity contribution in [3.8, 4) is 0 Å². The van der Waals surface area contributed by atoms with E-state index in [2.05, 4.69) is 18.7 Å². The van der Waals surface area contributed by atoms with E-state index in [-0.39, 0.29) is 16.4 Å². The predicted octanol–water partition coefficient (Wildman–Crippen LogP) is 3.49. The molecule has 1 aliphatic heterocycles. The van der Waals surface area contributed by atoms with Crippen molar-refractivity contribution < 1.29 is 10.0 Å². The van der Waals surface area contributed by atoms with E-state index in [1.807, 2.05) is 12.3 Å². The molecule has 0 radical (unpaired) electrons. The molecule has 6 nitrogen and oxygen atoms in total. The Morgan fingerprint density at radius 2 is 2.13 bits per heavy atom. The molecule has 0 fully saturated rings. The zero-order chi connectivity index (χ0) is 17.1. The van der Waals surface area contributed by atoms with Crippen molar-refractivity contribution >= 4 is 22.1 Å². The minimum absolute atomic E-state index is 0.0813.